The zero-order valence-corrected chi connectivity index (χ0v) is 14.4. The third kappa shape index (κ3) is 6.40. The number of carbonyl (C=O) groups is 2. The van der Waals surface area contributed by atoms with E-state index in [0.717, 1.165) is 37.5 Å². The molecule has 0 spiro atoms. The summed E-state index contributed by atoms with van der Waals surface area (Å²) < 4.78 is 5.24. The van der Waals surface area contributed by atoms with E-state index in [-0.39, 0.29) is 6.47 Å². The summed E-state index contributed by atoms with van der Waals surface area (Å²) in [5.41, 5.74) is 0.919. The van der Waals surface area contributed by atoms with Crippen molar-refractivity contribution in [3.05, 3.63) is 17.5 Å². The molecule has 2 heterocycles. The molecule has 1 saturated heterocycles. The Morgan fingerprint density at radius 2 is 2.22 bits per heavy atom. The van der Waals surface area contributed by atoms with E-state index < -0.39 is 0 Å². The van der Waals surface area contributed by atoms with Crippen molar-refractivity contribution in [2.45, 2.75) is 46.2 Å². The van der Waals surface area contributed by atoms with E-state index in [9.17, 15) is 4.79 Å². The Labute approximate surface area is 137 Å². The average Bonchev–Trinajstić information content (AvgIpc) is 2.86. The van der Waals surface area contributed by atoms with E-state index in [1.54, 1.807) is 0 Å². The van der Waals surface area contributed by atoms with Gasteiger partial charge in [-0.1, -0.05) is 5.16 Å². The van der Waals surface area contributed by atoms with Crippen LogP contribution in [0.5, 0.6) is 0 Å². The lowest BCUT2D eigenvalue weighted by atomic mass is 9.96. The number of carbonyl (C=O) groups excluding carboxylic acids is 1. The lowest BCUT2D eigenvalue weighted by molar-refractivity contribution is -0.137. The van der Waals surface area contributed by atoms with Crippen LogP contribution in [-0.4, -0.2) is 58.6 Å². The summed E-state index contributed by atoms with van der Waals surface area (Å²) >= 11 is 0. The zero-order valence-electron chi connectivity index (χ0n) is 14.4. The molecule has 130 valence electrons. The Morgan fingerprint density at radius 3 is 2.74 bits per heavy atom. The molecule has 0 aromatic carbocycles. The lowest BCUT2D eigenvalue weighted by Crippen LogP contribution is -2.46. The van der Waals surface area contributed by atoms with Crippen LogP contribution < -0.4 is 0 Å². The molecule has 7 nitrogen and oxygen atoms in total. The van der Waals surface area contributed by atoms with Crippen molar-refractivity contribution in [1.82, 2.24) is 15.0 Å². The van der Waals surface area contributed by atoms with Gasteiger partial charge in [0.1, 0.15) is 0 Å². The second-order valence-electron chi connectivity index (χ2n) is 6.28. The summed E-state index contributed by atoms with van der Waals surface area (Å²) in [6, 6.07) is 2.27. The molecular formula is C16H27N3O4. The molecule has 0 bridgehead atoms. The number of carboxylic acid groups (broad SMARTS) is 1. The van der Waals surface area contributed by atoms with Crippen LogP contribution in [0.2, 0.25) is 0 Å². The van der Waals surface area contributed by atoms with Gasteiger partial charge in [0.05, 0.1) is 12.2 Å². The molecule has 1 unspecified atom stereocenters. The third-order valence-electron chi connectivity index (χ3n) is 3.84. The van der Waals surface area contributed by atoms with Crippen molar-refractivity contribution >= 4 is 12.4 Å². The predicted octanol–water partition coefficient (Wildman–Crippen LogP) is 1.76. The molecule has 1 aliphatic rings. The van der Waals surface area contributed by atoms with Crippen molar-refractivity contribution in [1.29, 1.82) is 0 Å². The van der Waals surface area contributed by atoms with Gasteiger partial charge in [0.2, 0.25) is 5.91 Å². The molecule has 0 aliphatic carbocycles. The summed E-state index contributed by atoms with van der Waals surface area (Å²) in [5.74, 6) is 1.74. The van der Waals surface area contributed by atoms with Crippen molar-refractivity contribution in [2.24, 2.45) is 5.92 Å². The van der Waals surface area contributed by atoms with Crippen molar-refractivity contribution in [3.8, 4) is 0 Å². The standard InChI is InChI=1S/C15H25N3O2.CH2O2/c1-11(2)18-9-13(5-6-15(18)19)8-17(4)10-14-7-12(3)16-20-14;2-1-3/h7,11,13H,5-6,8-10H2,1-4H3;1H,(H,2,3). The van der Waals surface area contributed by atoms with Crippen molar-refractivity contribution in [2.75, 3.05) is 20.1 Å². The minimum absolute atomic E-state index is 0.250. The maximum atomic E-state index is 11.8. The highest BCUT2D eigenvalue weighted by Crippen LogP contribution is 2.21. The molecule has 23 heavy (non-hydrogen) atoms. The van der Waals surface area contributed by atoms with Crippen LogP contribution in [0.25, 0.3) is 0 Å². The van der Waals surface area contributed by atoms with Crippen molar-refractivity contribution in [3.63, 3.8) is 0 Å². The van der Waals surface area contributed by atoms with Gasteiger partial charge < -0.3 is 14.5 Å². The van der Waals surface area contributed by atoms with E-state index in [4.69, 9.17) is 14.4 Å². The first-order valence-electron chi connectivity index (χ1n) is 7.85. The van der Waals surface area contributed by atoms with Crippen LogP contribution in [0.15, 0.2) is 10.6 Å². The van der Waals surface area contributed by atoms with Gasteiger partial charge in [-0.25, -0.2) is 0 Å². The normalized spacial score (nSPS) is 18.1. The van der Waals surface area contributed by atoms with E-state index in [2.05, 4.69) is 31.0 Å². The summed E-state index contributed by atoms with van der Waals surface area (Å²) in [6.45, 7) is 8.47. The largest absolute Gasteiger partial charge is 0.483 e. The van der Waals surface area contributed by atoms with E-state index in [1.807, 2.05) is 17.9 Å². The summed E-state index contributed by atoms with van der Waals surface area (Å²) in [4.78, 5) is 24.5. The SMILES string of the molecule is Cc1cc(CN(C)CC2CCC(=O)N(C(C)C)C2)on1.O=CO. The smallest absolute Gasteiger partial charge is 0.290 e. The second kappa shape index (κ2) is 9.29. The molecule has 0 saturated carbocycles. The van der Waals surface area contributed by atoms with Crippen LogP contribution >= 0.6 is 0 Å². The first-order chi connectivity index (χ1) is 10.9. The monoisotopic (exact) mass is 325 g/mol. The molecular weight excluding hydrogens is 298 g/mol. The molecule has 2 rings (SSSR count). The maximum absolute atomic E-state index is 11.8. The van der Waals surface area contributed by atoms with Crippen LogP contribution in [0.1, 0.15) is 38.1 Å². The molecule has 1 aromatic rings. The lowest BCUT2D eigenvalue weighted by Gasteiger charge is -2.36. The Morgan fingerprint density at radius 1 is 1.57 bits per heavy atom. The highest BCUT2D eigenvalue weighted by molar-refractivity contribution is 5.77. The summed E-state index contributed by atoms with van der Waals surface area (Å²) in [5, 5.41) is 10.8. The minimum atomic E-state index is -0.250. The van der Waals surface area contributed by atoms with Crippen LogP contribution in [0.3, 0.4) is 0 Å². The molecule has 0 radical (unpaired) electrons. The molecule has 1 aliphatic heterocycles. The number of piperidine rings is 1. The minimum Gasteiger partial charge on any atom is -0.483 e. The van der Waals surface area contributed by atoms with Crippen LogP contribution in [0, 0.1) is 12.8 Å². The quantitative estimate of drug-likeness (QED) is 0.830. The number of nitrogens with zero attached hydrogens (tertiary/aromatic N) is 3. The van der Waals surface area contributed by atoms with Gasteiger partial charge in [0.15, 0.2) is 5.76 Å². The number of hydrogen-bond acceptors (Lipinski definition) is 5. The Hall–Kier alpha value is -1.89. The first-order valence-corrected chi connectivity index (χ1v) is 7.85. The first kappa shape index (κ1) is 19.2. The maximum Gasteiger partial charge on any atom is 0.290 e. The van der Waals surface area contributed by atoms with Gasteiger partial charge >= 0.3 is 0 Å². The predicted molar refractivity (Wildman–Crippen MR) is 85.8 cm³/mol. The molecule has 1 aromatic heterocycles. The Kier molecular flexibility index (Phi) is 7.74. The van der Waals surface area contributed by atoms with E-state index >= 15 is 0 Å². The average molecular weight is 325 g/mol. The molecule has 1 atom stereocenters. The zero-order chi connectivity index (χ0) is 17.4. The van der Waals surface area contributed by atoms with Gasteiger partial charge in [-0.2, -0.15) is 0 Å². The highest BCUT2D eigenvalue weighted by Gasteiger charge is 2.27. The van der Waals surface area contributed by atoms with E-state index in [0.29, 0.717) is 24.3 Å². The van der Waals surface area contributed by atoms with Crippen molar-refractivity contribution < 1.29 is 19.2 Å². The molecule has 1 amide bonds. The Bertz CT molecular complexity index is 501. The Balaban J connectivity index is 0.000000816. The molecule has 1 N–H and O–H groups in total. The molecule has 7 heteroatoms. The second-order valence-corrected chi connectivity index (χ2v) is 6.28. The van der Waals surface area contributed by atoms with Gasteiger partial charge in [-0.15, -0.1) is 0 Å². The number of aromatic nitrogens is 1. The topological polar surface area (TPSA) is 86.9 Å². The van der Waals surface area contributed by atoms with E-state index in [1.165, 1.54) is 0 Å². The fourth-order valence-electron chi connectivity index (χ4n) is 2.85. The fraction of sp³-hybridized carbons (Fsp3) is 0.688. The fourth-order valence-corrected chi connectivity index (χ4v) is 2.85. The summed E-state index contributed by atoms with van der Waals surface area (Å²) in [6.07, 6.45) is 1.67. The number of amides is 1. The summed E-state index contributed by atoms with van der Waals surface area (Å²) in [7, 11) is 2.09. The van der Waals surface area contributed by atoms with Crippen LogP contribution in [0.4, 0.5) is 0 Å². The van der Waals surface area contributed by atoms with Crippen LogP contribution in [-0.2, 0) is 16.1 Å². The van der Waals surface area contributed by atoms with Gasteiger partial charge in [-0.05, 0) is 40.2 Å². The highest BCUT2D eigenvalue weighted by atomic mass is 16.5. The number of likely N-dealkylation sites (tertiary alicyclic amines) is 1. The number of hydrogen-bond donors (Lipinski definition) is 1. The number of rotatable bonds is 5. The molecule has 1 fully saturated rings. The number of aryl methyl sites for hydroxylation is 1. The van der Waals surface area contributed by atoms with Gasteiger partial charge in [0.25, 0.3) is 6.47 Å². The van der Waals surface area contributed by atoms with Gasteiger partial charge in [-0.3, -0.25) is 14.5 Å². The third-order valence-corrected chi connectivity index (χ3v) is 3.84. The van der Waals surface area contributed by atoms with Gasteiger partial charge in [0, 0.05) is 31.6 Å².